The van der Waals surface area contributed by atoms with Gasteiger partial charge in [0.1, 0.15) is 0 Å². The summed E-state index contributed by atoms with van der Waals surface area (Å²) in [6.07, 6.45) is 3.92. The third-order valence-corrected chi connectivity index (χ3v) is 3.70. The Bertz CT molecular complexity index is 193. The molecule has 0 bridgehead atoms. The highest BCUT2D eigenvalue weighted by Crippen LogP contribution is 2.39. The molecule has 0 aromatic rings. The molecule has 76 valence electrons. The van der Waals surface area contributed by atoms with Crippen molar-refractivity contribution in [3.63, 3.8) is 0 Å². The molecule has 2 aliphatic rings. The summed E-state index contributed by atoms with van der Waals surface area (Å²) in [5.41, 5.74) is 0.169. The summed E-state index contributed by atoms with van der Waals surface area (Å²) < 4.78 is 5.93. The Hall–Kier alpha value is -0.0800. The van der Waals surface area contributed by atoms with Gasteiger partial charge in [0.05, 0.1) is 12.2 Å². The zero-order valence-corrected chi connectivity index (χ0v) is 9.05. The first-order chi connectivity index (χ1) is 6.13. The van der Waals surface area contributed by atoms with Crippen LogP contribution in [0.4, 0.5) is 0 Å². The fourth-order valence-corrected chi connectivity index (χ4v) is 2.96. The van der Waals surface area contributed by atoms with Gasteiger partial charge < -0.3 is 4.74 Å². The van der Waals surface area contributed by atoms with E-state index >= 15 is 0 Å². The number of rotatable bonds is 1. The fourth-order valence-electron chi connectivity index (χ4n) is 2.96. The van der Waals surface area contributed by atoms with E-state index in [2.05, 4.69) is 25.7 Å². The van der Waals surface area contributed by atoms with E-state index in [0.717, 1.165) is 13.2 Å². The van der Waals surface area contributed by atoms with Crippen LogP contribution in [0.5, 0.6) is 0 Å². The summed E-state index contributed by atoms with van der Waals surface area (Å²) in [5.74, 6) is 0. The van der Waals surface area contributed by atoms with Gasteiger partial charge in [-0.2, -0.15) is 0 Å². The van der Waals surface area contributed by atoms with E-state index in [1.165, 1.54) is 19.3 Å². The molecule has 0 aromatic heterocycles. The Balaban J connectivity index is 2.14. The molecule has 0 amide bonds. The predicted octanol–water partition coefficient (Wildman–Crippen LogP) is 2.04. The normalized spacial score (nSPS) is 41.1. The van der Waals surface area contributed by atoms with Gasteiger partial charge in [0.2, 0.25) is 0 Å². The third-order valence-electron chi connectivity index (χ3n) is 3.70. The molecule has 0 spiro atoms. The van der Waals surface area contributed by atoms with Gasteiger partial charge in [-0.25, -0.2) is 0 Å². The number of fused-ring (bicyclic) bond motifs is 1. The van der Waals surface area contributed by atoms with E-state index in [4.69, 9.17) is 4.74 Å². The minimum atomic E-state index is 0.169. The van der Waals surface area contributed by atoms with Crippen molar-refractivity contribution in [1.29, 1.82) is 0 Å². The van der Waals surface area contributed by atoms with E-state index in [1.807, 2.05) is 0 Å². The minimum absolute atomic E-state index is 0.169. The average molecular weight is 183 g/mol. The third kappa shape index (κ3) is 1.50. The summed E-state index contributed by atoms with van der Waals surface area (Å²) in [5, 5.41) is 0. The van der Waals surface area contributed by atoms with Crippen LogP contribution in [0.2, 0.25) is 0 Å². The van der Waals surface area contributed by atoms with Crippen LogP contribution >= 0.6 is 0 Å². The summed E-state index contributed by atoms with van der Waals surface area (Å²) in [6.45, 7) is 8.93. The van der Waals surface area contributed by atoms with Crippen molar-refractivity contribution in [2.24, 2.45) is 0 Å². The zero-order valence-electron chi connectivity index (χ0n) is 9.05. The van der Waals surface area contributed by atoms with Crippen LogP contribution in [0.15, 0.2) is 0 Å². The molecule has 2 unspecified atom stereocenters. The molecule has 1 saturated heterocycles. The second kappa shape index (κ2) is 3.25. The highest BCUT2D eigenvalue weighted by molar-refractivity contribution is 4.99. The molecule has 1 aliphatic carbocycles. The lowest BCUT2D eigenvalue weighted by molar-refractivity contribution is -0.130. The number of hydrogen-bond acceptors (Lipinski definition) is 2. The van der Waals surface area contributed by atoms with Gasteiger partial charge in [0, 0.05) is 18.6 Å². The molecule has 2 heteroatoms. The van der Waals surface area contributed by atoms with Crippen molar-refractivity contribution in [2.75, 3.05) is 13.2 Å². The summed E-state index contributed by atoms with van der Waals surface area (Å²) in [4.78, 5) is 2.62. The second-order valence-electron chi connectivity index (χ2n) is 4.90. The lowest BCUT2D eigenvalue weighted by Gasteiger charge is -2.46. The maximum atomic E-state index is 5.93. The molecule has 2 atom stereocenters. The van der Waals surface area contributed by atoms with Gasteiger partial charge in [-0.05, 0) is 40.0 Å². The SMILES string of the molecule is CC(C)N1CCOC2(C)CCCC12. The molecule has 1 heterocycles. The van der Waals surface area contributed by atoms with E-state index in [9.17, 15) is 0 Å². The standard InChI is InChI=1S/C11H21NO/c1-9(2)12-7-8-13-11(3)6-4-5-10(11)12/h9-10H,4-8H2,1-3H3. The van der Waals surface area contributed by atoms with Crippen LogP contribution in [0.25, 0.3) is 0 Å². The van der Waals surface area contributed by atoms with Crippen LogP contribution in [-0.2, 0) is 4.74 Å². The summed E-state index contributed by atoms with van der Waals surface area (Å²) in [6, 6.07) is 1.35. The lowest BCUT2D eigenvalue weighted by Crippen LogP contribution is -2.57. The van der Waals surface area contributed by atoms with Crippen LogP contribution < -0.4 is 0 Å². The largest absolute Gasteiger partial charge is 0.372 e. The molecule has 2 rings (SSSR count). The molecule has 2 nitrogen and oxygen atoms in total. The monoisotopic (exact) mass is 183 g/mol. The Labute approximate surface area is 81.3 Å². The number of nitrogens with zero attached hydrogens (tertiary/aromatic N) is 1. The molecular formula is C11H21NO. The summed E-state index contributed by atoms with van der Waals surface area (Å²) in [7, 11) is 0. The number of hydrogen-bond donors (Lipinski definition) is 0. The highest BCUT2D eigenvalue weighted by atomic mass is 16.5. The quantitative estimate of drug-likeness (QED) is 0.617. The van der Waals surface area contributed by atoms with Gasteiger partial charge in [-0.3, -0.25) is 4.90 Å². The molecule has 0 aromatic carbocycles. The maximum Gasteiger partial charge on any atom is 0.0809 e. The van der Waals surface area contributed by atoms with E-state index in [0.29, 0.717) is 12.1 Å². The van der Waals surface area contributed by atoms with Crippen molar-refractivity contribution >= 4 is 0 Å². The van der Waals surface area contributed by atoms with Gasteiger partial charge in [-0.1, -0.05) is 0 Å². The van der Waals surface area contributed by atoms with Crippen LogP contribution in [0.3, 0.4) is 0 Å². The van der Waals surface area contributed by atoms with Crippen molar-refractivity contribution in [2.45, 2.75) is 57.7 Å². The smallest absolute Gasteiger partial charge is 0.0809 e. The number of morpholine rings is 1. The fraction of sp³-hybridized carbons (Fsp3) is 1.00. The van der Waals surface area contributed by atoms with Gasteiger partial charge in [0.15, 0.2) is 0 Å². The topological polar surface area (TPSA) is 12.5 Å². The Kier molecular flexibility index (Phi) is 2.37. The first-order valence-corrected chi connectivity index (χ1v) is 5.53. The first-order valence-electron chi connectivity index (χ1n) is 5.53. The summed E-state index contributed by atoms with van der Waals surface area (Å²) >= 11 is 0. The Morgan fingerprint density at radius 2 is 2.23 bits per heavy atom. The molecular weight excluding hydrogens is 162 g/mol. The molecule has 1 aliphatic heterocycles. The van der Waals surface area contributed by atoms with Crippen molar-refractivity contribution in [3.8, 4) is 0 Å². The van der Waals surface area contributed by atoms with Crippen molar-refractivity contribution < 1.29 is 4.74 Å². The first kappa shape index (κ1) is 9.47. The Morgan fingerprint density at radius 3 is 2.92 bits per heavy atom. The van der Waals surface area contributed by atoms with Crippen LogP contribution in [-0.4, -0.2) is 35.7 Å². The van der Waals surface area contributed by atoms with Crippen LogP contribution in [0.1, 0.15) is 40.0 Å². The minimum Gasteiger partial charge on any atom is -0.372 e. The van der Waals surface area contributed by atoms with E-state index < -0.39 is 0 Å². The predicted molar refractivity (Wildman–Crippen MR) is 53.8 cm³/mol. The second-order valence-corrected chi connectivity index (χ2v) is 4.90. The zero-order chi connectivity index (χ0) is 9.47. The van der Waals surface area contributed by atoms with Gasteiger partial charge >= 0.3 is 0 Å². The molecule has 13 heavy (non-hydrogen) atoms. The van der Waals surface area contributed by atoms with Gasteiger partial charge in [0.25, 0.3) is 0 Å². The molecule has 1 saturated carbocycles. The van der Waals surface area contributed by atoms with Crippen molar-refractivity contribution in [1.82, 2.24) is 4.90 Å². The lowest BCUT2D eigenvalue weighted by atomic mass is 9.95. The highest BCUT2D eigenvalue weighted by Gasteiger charge is 2.46. The molecule has 2 fully saturated rings. The Morgan fingerprint density at radius 1 is 1.46 bits per heavy atom. The van der Waals surface area contributed by atoms with Gasteiger partial charge in [-0.15, -0.1) is 0 Å². The average Bonchev–Trinajstić information content (AvgIpc) is 2.44. The molecule has 0 N–H and O–H groups in total. The number of ether oxygens (including phenoxy) is 1. The van der Waals surface area contributed by atoms with E-state index in [1.54, 1.807) is 0 Å². The van der Waals surface area contributed by atoms with Crippen molar-refractivity contribution in [3.05, 3.63) is 0 Å². The van der Waals surface area contributed by atoms with Crippen LogP contribution in [0, 0.1) is 0 Å². The van der Waals surface area contributed by atoms with E-state index in [-0.39, 0.29) is 5.60 Å². The molecule has 0 radical (unpaired) electrons. The maximum absolute atomic E-state index is 5.93.